The highest BCUT2D eigenvalue weighted by molar-refractivity contribution is 6.34. The van der Waals surface area contributed by atoms with Crippen LogP contribution >= 0.6 is 11.6 Å². The van der Waals surface area contributed by atoms with Crippen molar-refractivity contribution < 1.29 is 33.4 Å². The number of ketones is 1. The van der Waals surface area contributed by atoms with E-state index in [9.17, 15) is 24.0 Å². The van der Waals surface area contributed by atoms with Crippen LogP contribution in [0.25, 0.3) is 0 Å². The number of ether oxygens (including phenoxy) is 2. The van der Waals surface area contributed by atoms with E-state index in [1.165, 1.54) is 87.3 Å². The number of carbonyl (C=O) groups is 5. The second-order valence-electron chi connectivity index (χ2n) is 12.8. The van der Waals surface area contributed by atoms with E-state index >= 15 is 0 Å². The summed E-state index contributed by atoms with van der Waals surface area (Å²) >= 11 is 6.43. The van der Waals surface area contributed by atoms with Crippen LogP contribution in [0.5, 0.6) is 5.75 Å². The molecule has 0 aliphatic carbocycles. The molecular weight excluding hydrogens is 670 g/mol. The first kappa shape index (κ1) is 39.1. The van der Waals surface area contributed by atoms with E-state index in [-0.39, 0.29) is 35.0 Å². The summed E-state index contributed by atoms with van der Waals surface area (Å²) < 4.78 is 10.7. The number of amides is 4. The Balaban J connectivity index is 1.46. The lowest BCUT2D eigenvalue weighted by atomic mass is 10.0. The standard InChI is InChI=1S/C40H48ClN3O7/c1-4-5-6-7-8-9-10-11-12-16-25-51-39(48)31-21-24-33(41)34(26-31)42-37(46)35(36(45)30-19-22-32(50-3)23-20-30)44-38(47)28(2)43(40(44)49)27-29-17-14-13-15-18-29/h13-15,17-24,26,28,35H,4-12,16,25,27H2,1-3H3,(H,42,46). The Bertz CT molecular complexity index is 1650. The highest BCUT2D eigenvalue weighted by atomic mass is 35.5. The molecule has 3 aromatic rings. The number of halogens is 1. The minimum Gasteiger partial charge on any atom is -0.497 e. The van der Waals surface area contributed by atoms with E-state index in [1.54, 1.807) is 19.1 Å². The van der Waals surface area contributed by atoms with Crippen LogP contribution in [0.2, 0.25) is 5.02 Å². The third-order valence-electron chi connectivity index (χ3n) is 9.03. The molecule has 11 heteroatoms. The number of esters is 1. The summed E-state index contributed by atoms with van der Waals surface area (Å²) in [7, 11) is 1.48. The lowest BCUT2D eigenvalue weighted by Gasteiger charge is -2.25. The average Bonchev–Trinajstić information content (AvgIpc) is 3.34. The molecule has 1 fully saturated rings. The number of urea groups is 1. The minimum atomic E-state index is -1.87. The van der Waals surface area contributed by atoms with E-state index in [1.807, 2.05) is 30.3 Å². The molecule has 2 unspecified atom stereocenters. The fourth-order valence-electron chi connectivity index (χ4n) is 6.01. The molecule has 0 aromatic heterocycles. The topological polar surface area (TPSA) is 122 Å². The zero-order valence-electron chi connectivity index (χ0n) is 29.7. The summed E-state index contributed by atoms with van der Waals surface area (Å²) in [5.74, 6) is -2.56. The zero-order valence-corrected chi connectivity index (χ0v) is 30.5. The van der Waals surface area contributed by atoms with Crippen LogP contribution in [0.4, 0.5) is 10.5 Å². The van der Waals surface area contributed by atoms with Gasteiger partial charge in [-0.15, -0.1) is 0 Å². The molecule has 10 nitrogen and oxygen atoms in total. The van der Waals surface area contributed by atoms with Gasteiger partial charge in [-0.1, -0.05) is 107 Å². The molecule has 2 atom stereocenters. The monoisotopic (exact) mass is 717 g/mol. The number of carbonyl (C=O) groups excluding carboxylic acids is 5. The van der Waals surface area contributed by atoms with Gasteiger partial charge in [-0.05, 0) is 61.4 Å². The maximum atomic E-state index is 14.0. The molecule has 272 valence electrons. The maximum absolute atomic E-state index is 14.0. The summed E-state index contributed by atoms with van der Waals surface area (Å²) in [6.45, 7) is 4.13. The van der Waals surface area contributed by atoms with Crippen molar-refractivity contribution >= 4 is 46.9 Å². The van der Waals surface area contributed by atoms with Crippen molar-refractivity contribution in [2.45, 2.75) is 96.7 Å². The quantitative estimate of drug-likeness (QED) is 0.0409. The fourth-order valence-corrected chi connectivity index (χ4v) is 6.17. The van der Waals surface area contributed by atoms with Gasteiger partial charge < -0.3 is 19.7 Å². The number of hydrogen-bond acceptors (Lipinski definition) is 7. The van der Waals surface area contributed by atoms with Gasteiger partial charge >= 0.3 is 12.0 Å². The van der Waals surface area contributed by atoms with Crippen LogP contribution in [-0.4, -0.2) is 65.2 Å². The molecule has 1 saturated heterocycles. The smallest absolute Gasteiger partial charge is 0.338 e. The molecule has 1 aliphatic heterocycles. The first-order valence-electron chi connectivity index (χ1n) is 17.8. The lowest BCUT2D eigenvalue weighted by Crippen LogP contribution is -2.52. The van der Waals surface area contributed by atoms with E-state index in [4.69, 9.17) is 21.1 Å². The summed E-state index contributed by atoms with van der Waals surface area (Å²) in [6, 6.07) is 15.8. The minimum absolute atomic E-state index is 0.0240. The SMILES string of the molecule is CCCCCCCCCCCCOC(=O)c1ccc(Cl)c(NC(=O)C(C(=O)c2ccc(OC)cc2)N2C(=O)C(C)N(Cc3ccccc3)C2=O)c1. The molecule has 1 aliphatic rings. The zero-order chi connectivity index (χ0) is 36.8. The maximum Gasteiger partial charge on any atom is 0.338 e. The van der Waals surface area contributed by atoms with Crippen LogP contribution in [-0.2, 0) is 20.9 Å². The van der Waals surface area contributed by atoms with Gasteiger partial charge in [0.25, 0.3) is 11.8 Å². The van der Waals surface area contributed by atoms with Crippen molar-refractivity contribution in [3.8, 4) is 5.75 Å². The van der Waals surface area contributed by atoms with Crippen LogP contribution in [0.15, 0.2) is 72.8 Å². The summed E-state index contributed by atoms with van der Waals surface area (Å²) in [4.78, 5) is 70.4. The van der Waals surface area contributed by atoms with Gasteiger partial charge in [-0.3, -0.25) is 14.4 Å². The van der Waals surface area contributed by atoms with Crippen molar-refractivity contribution in [1.82, 2.24) is 9.80 Å². The van der Waals surface area contributed by atoms with Crippen molar-refractivity contribution in [3.63, 3.8) is 0 Å². The number of methoxy groups -OCH3 is 1. The third kappa shape index (κ3) is 10.7. The Morgan fingerprint density at radius 3 is 2.06 bits per heavy atom. The molecule has 3 aromatic carbocycles. The second kappa shape index (κ2) is 19.6. The van der Waals surface area contributed by atoms with Gasteiger partial charge in [0.05, 0.1) is 30.0 Å². The summed E-state index contributed by atoms with van der Waals surface area (Å²) in [6.07, 6.45) is 11.6. The first-order valence-corrected chi connectivity index (χ1v) is 18.2. The molecule has 4 amide bonds. The summed E-state index contributed by atoms with van der Waals surface area (Å²) in [5.41, 5.74) is 1.03. The van der Waals surface area contributed by atoms with Gasteiger partial charge in [-0.2, -0.15) is 0 Å². The Morgan fingerprint density at radius 1 is 0.824 bits per heavy atom. The Kier molecular flexibility index (Phi) is 15.0. The molecule has 0 bridgehead atoms. The van der Waals surface area contributed by atoms with Gasteiger partial charge in [0, 0.05) is 12.1 Å². The molecule has 4 rings (SSSR count). The Hall–Kier alpha value is -4.70. The van der Waals surface area contributed by atoms with Gasteiger partial charge in [0.2, 0.25) is 0 Å². The van der Waals surface area contributed by atoms with Crippen molar-refractivity contribution in [2.24, 2.45) is 0 Å². The molecule has 0 spiro atoms. The third-order valence-corrected chi connectivity index (χ3v) is 9.36. The van der Waals surface area contributed by atoms with Gasteiger partial charge in [-0.25, -0.2) is 14.5 Å². The fraction of sp³-hybridized carbons (Fsp3) is 0.425. The first-order chi connectivity index (χ1) is 24.7. The lowest BCUT2D eigenvalue weighted by molar-refractivity contribution is -0.133. The number of nitrogens with one attached hydrogen (secondary N) is 1. The van der Waals surface area contributed by atoms with E-state index in [0.29, 0.717) is 10.6 Å². The van der Waals surface area contributed by atoms with Crippen LogP contribution in [0.1, 0.15) is 104 Å². The van der Waals surface area contributed by atoms with Crippen LogP contribution < -0.4 is 10.1 Å². The Morgan fingerprint density at radius 2 is 1.43 bits per heavy atom. The van der Waals surface area contributed by atoms with Gasteiger partial charge in [0.1, 0.15) is 11.8 Å². The predicted molar refractivity (Wildman–Crippen MR) is 197 cm³/mol. The molecule has 0 radical (unpaired) electrons. The molecule has 51 heavy (non-hydrogen) atoms. The number of unbranched alkanes of at least 4 members (excludes halogenated alkanes) is 9. The number of rotatable bonds is 20. The number of imide groups is 1. The number of Topliss-reactive ketones (excluding diaryl/α,β-unsaturated/α-hetero) is 1. The van der Waals surface area contributed by atoms with Crippen molar-refractivity contribution in [3.05, 3.63) is 94.5 Å². The highest BCUT2D eigenvalue weighted by Gasteiger charge is 2.50. The largest absolute Gasteiger partial charge is 0.497 e. The van der Waals surface area contributed by atoms with Gasteiger partial charge in [0.15, 0.2) is 11.8 Å². The predicted octanol–water partition coefficient (Wildman–Crippen LogP) is 8.47. The summed E-state index contributed by atoms with van der Waals surface area (Å²) in [5, 5.41) is 2.69. The van der Waals surface area contributed by atoms with E-state index in [2.05, 4.69) is 12.2 Å². The normalized spacial score (nSPS) is 14.8. The Labute approximate surface area is 305 Å². The van der Waals surface area contributed by atoms with Crippen molar-refractivity contribution in [1.29, 1.82) is 0 Å². The highest BCUT2D eigenvalue weighted by Crippen LogP contribution is 2.28. The molecule has 1 heterocycles. The molecular formula is C40H48ClN3O7. The number of anilines is 1. The van der Waals surface area contributed by atoms with Crippen LogP contribution in [0.3, 0.4) is 0 Å². The van der Waals surface area contributed by atoms with Crippen LogP contribution in [0, 0.1) is 0 Å². The van der Waals surface area contributed by atoms with E-state index in [0.717, 1.165) is 24.8 Å². The molecule has 0 saturated carbocycles. The number of hydrogen-bond donors (Lipinski definition) is 1. The second-order valence-corrected chi connectivity index (χ2v) is 13.2. The number of benzene rings is 3. The number of nitrogens with zero attached hydrogens (tertiary/aromatic N) is 2. The molecule has 1 N–H and O–H groups in total. The van der Waals surface area contributed by atoms with E-state index < -0.39 is 41.7 Å². The van der Waals surface area contributed by atoms with Crippen molar-refractivity contribution in [2.75, 3.05) is 19.0 Å². The average molecular weight is 718 g/mol.